The Hall–Kier alpha value is -2.74. The summed E-state index contributed by atoms with van der Waals surface area (Å²) in [5.41, 5.74) is 1.84. The van der Waals surface area contributed by atoms with Gasteiger partial charge in [0.1, 0.15) is 5.75 Å². The third-order valence-corrected chi connectivity index (χ3v) is 5.28. The number of rotatable bonds is 5. The van der Waals surface area contributed by atoms with Crippen molar-refractivity contribution in [2.75, 3.05) is 50.1 Å². The molecule has 2 aromatic rings. The second-order valence-electron chi connectivity index (χ2n) is 7.19. The van der Waals surface area contributed by atoms with Gasteiger partial charge in [-0.3, -0.25) is 4.68 Å². The molecule has 1 aromatic carbocycles. The van der Waals surface area contributed by atoms with Crippen LogP contribution in [0.3, 0.4) is 0 Å². The Balaban J connectivity index is 1.27. The molecule has 0 saturated carbocycles. The molecule has 4 rings (SSSR count). The van der Waals surface area contributed by atoms with Crippen molar-refractivity contribution in [1.29, 1.82) is 0 Å². The van der Waals surface area contributed by atoms with E-state index in [1.807, 2.05) is 34.0 Å². The van der Waals surface area contributed by atoms with Crippen molar-refractivity contribution < 1.29 is 14.3 Å². The van der Waals surface area contributed by atoms with E-state index < -0.39 is 0 Å². The number of anilines is 2. The molecule has 8 heteroatoms. The van der Waals surface area contributed by atoms with E-state index in [4.69, 9.17) is 9.47 Å². The molecule has 1 N–H and O–H groups in total. The SMILES string of the molecule is COc1cccc(N2CCN(C(=O)Nc3cnn(CC4CCCO4)c3)CC2)c1. The van der Waals surface area contributed by atoms with Gasteiger partial charge in [-0.05, 0) is 25.0 Å². The molecule has 2 saturated heterocycles. The second-order valence-corrected chi connectivity index (χ2v) is 7.19. The van der Waals surface area contributed by atoms with Gasteiger partial charge in [0.2, 0.25) is 0 Å². The fourth-order valence-electron chi connectivity index (χ4n) is 3.70. The molecule has 2 amide bonds. The molecule has 1 atom stereocenters. The van der Waals surface area contributed by atoms with Gasteiger partial charge in [0, 0.05) is 50.7 Å². The number of nitrogens with one attached hydrogen (secondary N) is 1. The molecule has 150 valence electrons. The van der Waals surface area contributed by atoms with Crippen LogP contribution in [-0.2, 0) is 11.3 Å². The van der Waals surface area contributed by atoms with E-state index in [0.717, 1.165) is 56.2 Å². The fourth-order valence-corrected chi connectivity index (χ4v) is 3.70. The number of urea groups is 1. The third kappa shape index (κ3) is 4.39. The Labute approximate surface area is 165 Å². The Morgan fingerprint density at radius 1 is 1.32 bits per heavy atom. The lowest BCUT2D eigenvalue weighted by atomic mass is 10.2. The summed E-state index contributed by atoms with van der Waals surface area (Å²) in [4.78, 5) is 16.7. The van der Waals surface area contributed by atoms with E-state index in [0.29, 0.717) is 13.1 Å². The average Bonchev–Trinajstić information content (AvgIpc) is 3.40. The van der Waals surface area contributed by atoms with Crippen molar-refractivity contribution >= 4 is 17.4 Å². The molecular weight excluding hydrogens is 358 g/mol. The van der Waals surface area contributed by atoms with Gasteiger partial charge >= 0.3 is 6.03 Å². The summed E-state index contributed by atoms with van der Waals surface area (Å²) in [6.45, 7) is 4.49. The minimum atomic E-state index is -0.0815. The molecule has 2 fully saturated rings. The number of amides is 2. The van der Waals surface area contributed by atoms with E-state index in [9.17, 15) is 4.79 Å². The van der Waals surface area contributed by atoms with Crippen molar-refractivity contribution in [1.82, 2.24) is 14.7 Å². The number of carbonyl (C=O) groups is 1. The van der Waals surface area contributed by atoms with Crippen molar-refractivity contribution in [2.45, 2.75) is 25.5 Å². The maximum atomic E-state index is 12.6. The summed E-state index contributed by atoms with van der Waals surface area (Å²) in [5, 5.41) is 7.28. The predicted molar refractivity (Wildman–Crippen MR) is 107 cm³/mol. The summed E-state index contributed by atoms with van der Waals surface area (Å²) in [6, 6.07) is 7.94. The molecule has 0 aliphatic carbocycles. The summed E-state index contributed by atoms with van der Waals surface area (Å²) in [7, 11) is 1.67. The van der Waals surface area contributed by atoms with Gasteiger partial charge in [0.05, 0.1) is 31.6 Å². The van der Waals surface area contributed by atoms with Crippen LogP contribution in [0.25, 0.3) is 0 Å². The van der Waals surface area contributed by atoms with Crippen molar-refractivity contribution in [2.24, 2.45) is 0 Å². The molecule has 2 aliphatic rings. The highest BCUT2D eigenvalue weighted by atomic mass is 16.5. The summed E-state index contributed by atoms with van der Waals surface area (Å²) < 4.78 is 12.8. The zero-order chi connectivity index (χ0) is 19.3. The summed E-state index contributed by atoms with van der Waals surface area (Å²) in [6.07, 6.45) is 5.97. The molecule has 28 heavy (non-hydrogen) atoms. The van der Waals surface area contributed by atoms with Crippen LogP contribution in [0.2, 0.25) is 0 Å². The number of nitrogens with zero attached hydrogens (tertiary/aromatic N) is 4. The minimum absolute atomic E-state index is 0.0815. The highest BCUT2D eigenvalue weighted by Crippen LogP contribution is 2.22. The molecular formula is C20H27N5O3. The molecule has 0 radical (unpaired) electrons. The Kier molecular flexibility index (Phi) is 5.66. The van der Waals surface area contributed by atoms with Crippen LogP contribution >= 0.6 is 0 Å². The fraction of sp³-hybridized carbons (Fsp3) is 0.500. The maximum absolute atomic E-state index is 12.6. The second kappa shape index (κ2) is 8.52. The monoisotopic (exact) mass is 385 g/mol. The summed E-state index contributed by atoms with van der Waals surface area (Å²) >= 11 is 0. The number of hydrogen-bond donors (Lipinski definition) is 1. The van der Waals surface area contributed by atoms with Crippen LogP contribution < -0.4 is 15.0 Å². The number of carbonyl (C=O) groups excluding carboxylic acids is 1. The van der Waals surface area contributed by atoms with Crippen LogP contribution in [0.5, 0.6) is 5.75 Å². The Morgan fingerprint density at radius 3 is 2.93 bits per heavy atom. The van der Waals surface area contributed by atoms with Crippen LogP contribution in [0.15, 0.2) is 36.7 Å². The van der Waals surface area contributed by atoms with E-state index >= 15 is 0 Å². The smallest absolute Gasteiger partial charge is 0.322 e. The molecule has 0 spiro atoms. The molecule has 3 heterocycles. The first-order chi connectivity index (χ1) is 13.7. The zero-order valence-corrected chi connectivity index (χ0v) is 16.2. The summed E-state index contributed by atoms with van der Waals surface area (Å²) in [5.74, 6) is 0.845. The van der Waals surface area contributed by atoms with Crippen LogP contribution in [0.1, 0.15) is 12.8 Å². The normalized spacial score (nSPS) is 19.7. The largest absolute Gasteiger partial charge is 0.497 e. The first-order valence-corrected chi connectivity index (χ1v) is 9.80. The first-order valence-electron chi connectivity index (χ1n) is 9.80. The van der Waals surface area contributed by atoms with Gasteiger partial charge in [0.15, 0.2) is 0 Å². The van der Waals surface area contributed by atoms with Crippen molar-refractivity contribution in [3.8, 4) is 5.75 Å². The number of aromatic nitrogens is 2. The Morgan fingerprint density at radius 2 is 2.18 bits per heavy atom. The van der Waals surface area contributed by atoms with E-state index in [-0.39, 0.29) is 12.1 Å². The highest BCUT2D eigenvalue weighted by Gasteiger charge is 2.22. The van der Waals surface area contributed by atoms with Gasteiger partial charge in [0.25, 0.3) is 0 Å². The van der Waals surface area contributed by atoms with Crippen LogP contribution in [0, 0.1) is 0 Å². The van der Waals surface area contributed by atoms with E-state index in [1.165, 1.54) is 0 Å². The highest BCUT2D eigenvalue weighted by molar-refractivity contribution is 5.89. The third-order valence-electron chi connectivity index (χ3n) is 5.28. The van der Waals surface area contributed by atoms with Gasteiger partial charge < -0.3 is 24.6 Å². The maximum Gasteiger partial charge on any atom is 0.322 e. The minimum Gasteiger partial charge on any atom is -0.497 e. The number of hydrogen-bond acceptors (Lipinski definition) is 5. The first kappa shape index (κ1) is 18.6. The number of methoxy groups -OCH3 is 1. The number of piperazine rings is 1. The lowest BCUT2D eigenvalue weighted by Gasteiger charge is -2.36. The van der Waals surface area contributed by atoms with Gasteiger partial charge in [-0.2, -0.15) is 5.10 Å². The van der Waals surface area contributed by atoms with Gasteiger partial charge in [-0.15, -0.1) is 0 Å². The number of ether oxygens (including phenoxy) is 2. The van der Waals surface area contributed by atoms with Crippen molar-refractivity contribution in [3.63, 3.8) is 0 Å². The van der Waals surface area contributed by atoms with Gasteiger partial charge in [-0.1, -0.05) is 6.07 Å². The molecule has 2 aliphatic heterocycles. The molecule has 1 aromatic heterocycles. The van der Waals surface area contributed by atoms with E-state index in [2.05, 4.69) is 21.4 Å². The number of benzene rings is 1. The zero-order valence-electron chi connectivity index (χ0n) is 16.2. The average molecular weight is 385 g/mol. The lowest BCUT2D eigenvalue weighted by Crippen LogP contribution is -2.50. The molecule has 1 unspecified atom stereocenters. The molecule has 8 nitrogen and oxygen atoms in total. The van der Waals surface area contributed by atoms with Gasteiger partial charge in [-0.25, -0.2) is 4.79 Å². The van der Waals surface area contributed by atoms with Crippen molar-refractivity contribution in [3.05, 3.63) is 36.7 Å². The molecule has 0 bridgehead atoms. The van der Waals surface area contributed by atoms with Crippen LogP contribution in [-0.4, -0.2) is 66.7 Å². The Bertz CT molecular complexity index is 795. The van der Waals surface area contributed by atoms with Crippen LogP contribution in [0.4, 0.5) is 16.2 Å². The predicted octanol–water partition coefficient (Wildman–Crippen LogP) is 2.42. The topological polar surface area (TPSA) is 71.9 Å². The van der Waals surface area contributed by atoms with E-state index in [1.54, 1.807) is 13.3 Å². The quantitative estimate of drug-likeness (QED) is 0.856. The standard InChI is InChI=1S/C20H27N5O3/c1-27-18-5-2-4-17(12-18)23-7-9-24(10-8-23)20(26)22-16-13-21-25(14-16)15-19-6-3-11-28-19/h2,4-5,12-14,19H,3,6-11,15H2,1H3,(H,22,26). The lowest BCUT2D eigenvalue weighted by molar-refractivity contribution is 0.0940.